The summed E-state index contributed by atoms with van der Waals surface area (Å²) in [6.07, 6.45) is 5.47. The van der Waals surface area contributed by atoms with Crippen LogP contribution in [0, 0.1) is 6.92 Å². The normalized spacial score (nSPS) is 17.7. The zero-order valence-electron chi connectivity index (χ0n) is 12.1. The molecule has 2 heterocycles. The summed E-state index contributed by atoms with van der Waals surface area (Å²) in [4.78, 5) is 4.58. The molecule has 1 unspecified atom stereocenters. The van der Waals surface area contributed by atoms with Crippen LogP contribution in [-0.4, -0.2) is 14.6 Å². The maximum atomic E-state index is 4.58. The number of aryl methyl sites for hydroxylation is 2. The summed E-state index contributed by atoms with van der Waals surface area (Å²) in [5.74, 6) is 0.710. The molecule has 0 bridgehead atoms. The van der Waals surface area contributed by atoms with E-state index in [0.717, 1.165) is 12.1 Å². The number of hydrogen-bond acceptors (Lipinski definition) is 3. The summed E-state index contributed by atoms with van der Waals surface area (Å²) in [7, 11) is 0. The van der Waals surface area contributed by atoms with Gasteiger partial charge in [-0.1, -0.05) is 24.3 Å². The van der Waals surface area contributed by atoms with Crippen molar-refractivity contribution in [1.29, 1.82) is 0 Å². The van der Waals surface area contributed by atoms with E-state index >= 15 is 0 Å². The van der Waals surface area contributed by atoms with Gasteiger partial charge in [0.1, 0.15) is 0 Å². The highest BCUT2D eigenvalue weighted by Crippen LogP contribution is 2.31. The number of rotatable bonds is 2. The molecule has 0 saturated heterocycles. The fourth-order valence-corrected chi connectivity index (χ4v) is 3.10. The Morgan fingerprint density at radius 2 is 2.14 bits per heavy atom. The van der Waals surface area contributed by atoms with Crippen molar-refractivity contribution < 1.29 is 0 Å². The molecule has 21 heavy (non-hydrogen) atoms. The summed E-state index contributed by atoms with van der Waals surface area (Å²) >= 11 is 0. The van der Waals surface area contributed by atoms with Crippen molar-refractivity contribution in [1.82, 2.24) is 14.6 Å². The molecule has 2 aromatic heterocycles. The van der Waals surface area contributed by atoms with Gasteiger partial charge in [-0.3, -0.25) is 0 Å². The first-order chi connectivity index (χ1) is 10.3. The van der Waals surface area contributed by atoms with Gasteiger partial charge in [-0.2, -0.15) is 4.98 Å². The van der Waals surface area contributed by atoms with E-state index in [1.165, 1.54) is 29.5 Å². The van der Waals surface area contributed by atoms with E-state index in [1.54, 1.807) is 0 Å². The van der Waals surface area contributed by atoms with E-state index in [4.69, 9.17) is 0 Å². The van der Waals surface area contributed by atoms with Gasteiger partial charge < -0.3 is 5.32 Å². The summed E-state index contributed by atoms with van der Waals surface area (Å²) in [6.45, 7) is 2.07. The topological polar surface area (TPSA) is 42.2 Å². The minimum atomic E-state index is 0.313. The van der Waals surface area contributed by atoms with E-state index in [9.17, 15) is 0 Å². The van der Waals surface area contributed by atoms with Gasteiger partial charge in [0.05, 0.1) is 6.04 Å². The van der Waals surface area contributed by atoms with Gasteiger partial charge in [0.25, 0.3) is 0 Å². The van der Waals surface area contributed by atoms with Crippen LogP contribution in [0.2, 0.25) is 0 Å². The third-order valence-electron chi connectivity index (χ3n) is 4.17. The number of pyridine rings is 1. The van der Waals surface area contributed by atoms with Crippen molar-refractivity contribution >= 4 is 11.6 Å². The van der Waals surface area contributed by atoms with Crippen LogP contribution in [0.4, 0.5) is 5.95 Å². The Morgan fingerprint density at radius 3 is 3.10 bits per heavy atom. The largest absolute Gasteiger partial charge is 0.346 e. The molecule has 0 fully saturated rings. The molecular weight excluding hydrogens is 260 g/mol. The summed E-state index contributed by atoms with van der Waals surface area (Å²) < 4.78 is 1.82. The predicted molar refractivity (Wildman–Crippen MR) is 83.5 cm³/mol. The molecule has 106 valence electrons. The monoisotopic (exact) mass is 278 g/mol. The van der Waals surface area contributed by atoms with Gasteiger partial charge in [0.15, 0.2) is 5.65 Å². The highest BCUT2D eigenvalue weighted by Gasteiger charge is 2.20. The van der Waals surface area contributed by atoms with Gasteiger partial charge in [-0.05, 0) is 55.0 Å². The average Bonchev–Trinajstić information content (AvgIpc) is 2.89. The number of benzene rings is 1. The molecule has 4 rings (SSSR count). The smallest absolute Gasteiger partial charge is 0.243 e. The fourth-order valence-electron chi connectivity index (χ4n) is 3.10. The molecule has 0 radical (unpaired) electrons. The number of aromatic nitrogens is 3. The molecule has 0 amide bonds. The molecule has 4 nitrogen and oxygen atoms in total. The lowest BCUT2D eigenvalue weighted by Crippen LogP contribution is -2.17. The number of hydrogen-bond donors (Lipinski definition) is 1. The lowest BCUT2D eigenvalue weighted by Gasteiger charge is -2.25. The second-order valence-corrected chi connectivity index (χ2v) is 5.73. The third-order valence-corrected chi connectivity index (χ3v) is 4.17. The lowest BCUT2D eigenvalue weighted by molar-refractivity contribution is 0.596. The Morgan fingerprint density at radius 1 is 1.24 bits per heavy atom. The Labute approximate surface area is 123 Å². The Kier molecular flexibility index (Phi) is 2.88. The molecule has 0 aliphatic heterocycles. The first kappa shape index (κ1) is 12.4. The van der Waals surface area contributed by atoms with Gasteiger partial charge in [0, 0.05) is 6.20 Å². The molecule has 4 heteroatoms. The van der Waals surface area contributed by atoms with Crippen LogP contribution in [0.1, 0.15) is 35.6 Å². The second-order valence-electron chi connectivity index (χ2n) is 5.73. The maximum Gasteiger partial charge on any atom is 0.243 e. The van der Waals surface area contributed by atoms with E-state index in [0.29, 0.717) is 12.0 Å². The van der Waals surface area contributed by atoms with Crippen molar-refractivity contribution in [2.75, 3.05) is 5.32 Å². The van der Waals surface area contributed by atoms with Crippen molar-refractivity contribution in [3.8, 4) is 0 Å². The summed E-state index contributed by atoms with van der Waals surface area (Å²) in [5.41, 5.74) is 4.92. The Balaban J connectivity index is 1.66. The maximum absolute atomic E-state index is 4.58. The number of nitrogens with zero attached hydrogens (tertiary/aromatic N) is 3. The molecule has 1 atom stereocenters. The minimum Gasteiger partial charge on any atom is -0.346 e. The molecule has 3 aromatic rings. The van der Waals surface area contributed by atoms with Crippen LogP contribution in [0.3, 0.4) is 0 Å². The van der Waals surface area contributed by atoms with E-state index in [1.807, 2.05) is 22.8 Å². The molecule has 1 N–H and O–H groups in total. The summed E-state index contributed by atoms with van der Waals surface area (Å²) in [5, 5.41) is 8.02. The van der Waals surface area contributed by atoms with Crippen LogP contribution in [0.5, 0.6) is 0 Å². The second kappa shape index (κ2) is 4.88. The molecule has 1 aliphatic rings. The van der Waals surface area contributed by atoms with Crippen LogP contribution in [0.25, 0.3) is 5.65 Å². The van der Waals surface area contributed by atoms with Crippen molar-refractivity contribution in [2.45, 2.75) is 32.2 Å². The van der Waals surface area contributed by atoms with Gasteiger partial charge >= 0.3 is 0 Å². The SMILES string of the molecule is Cc1ccn2nc(NC3CCCc4ccccc43)nc2c1. The van der Waals surface area contributed by atoms with E-state index < -0.39 is 0 Å². The van der Waals surface area contributed by atoms with Gasteiger partial charge in [-0.25, -0.2) is 4.52 Å². The zero-order chi connectivity index (χ0) is 14.2. The van der Waals surface area contributed by atoms with Crippen molar-refractivity contribution in [3.05, 3.63) is 59.3 Å². The van der Waals surface area contributed by atoms with Crippen LogP contribution >= 0.6 is 0 Å². The van der Waals surface area contributed by atoms with Crippen LogP contribution in [-0.2, 0) is 6.42 Å². The Bertz CT molecular complexity index is 790. The van der Waals surface area contributed by atoms with Gasteiger partial charge in [0.2, 0.25) is 5.95 Å². The van der Waals surface area contributed by atoms with Gasteiger partial charge in [-0.15, -0.1) is 5.10 Å². The molecule has 1 aromatic carbocycles. The minimum absolute atomic E-state index is 0.313. The standard InChI is InChI=1S/C17H18N4/c1-12-9-10-21-16(11-12)19-17(20-21)18-15-8-4-6-13-5-2-3-7-14(13)15/h2-3,5,7,9-11,15H,4,6,8H2,1H3,(H,18,20). The number of fused-ring (bicyclic) bond motifs is 2. The average molecular weight is 278 g/mol. The Hall–Kier alpha value is -2.36. The molecule has 1 aliphatic carbocycles. The quantitative estimate of drug-likeness (QED) is 0.779. The first-order valence-corrected chi connectivity index (χ1v) is 7.47. The number of anilines is 1. The van der Waals surface area contributed by atoms with Crippen LogP contribution < -0.4 is 5.32 Å². The molecule has 0 saturated carbocycles. The first-order valence-electron chi connectivity index (χ1n) is 7.47. The van der Waals surface area contributed by atoms with E-state index in [2.05, 4.69) is 46.6 Å². The lowest BCUT2D eigenvalue weighted by atomic mass is 9.88. The summed E-state index contributed by atoms with van der Waals surface area (Å²) in [6, 6.07) is 13.1. The third kappa shape index (κ3) is 2.27. The highest BCUT2D eigenvalue weighted by atomic mass is 15.3. The highest BCUT2D eigenvalue weighted by molar-refractivity contribution is 5.47. The zero-order valence-corrected chi connectivity index (χ0v) is 12.1. The molecule has 0 spiro atoms. The van der Waals surface area contributed by atoms with E-state index in [-0.39, 0.29) is 0 Å². The predicted octanol–water partition coefficient (Wildman–Crippen LogP) is 3.53. The molecular formula is C17H18N4. The van der Waals surface area contributed by atoms with Crippen LogP contribution in [0.15, 0.2) is 42.6 Å². The van der Waals surface area contributed by atoms with Crippen molar-refractivity contribution in [3.63, 3.8) is 0 Å². The fraction of sp³-hybridized carbons (Fsp3) is 0.294. The number of nitrogens with one attached hydrogen (secondary N) is 1. The van der Waals surface area contributed by atoms with Crippen molar-refractivity contribution in [2.24, 2.45) is 0 Å².